The lowest BCUT2D eigenvalue weighted by atomic mass is 10.1. The fourth-order valence-corrected chi connectivity index (χ4v) is 2.41. The van der Waals surface area contributed by atoms with Gasteiger partial charge in [-0.25, -0.2) is 0 Å². The highest BCUT2D eigenvalue weighted by Crippen LogP contribution is 2.28. The van der Waals surface area contributed by atoms with E-state index >= 15 is 0 Å². The normalized spacial score (nSPS) is 11.0. The zero-order chi connectivity index (χ0) is 20.2. The first-order valence-electron chi connectivity index (χ1n) is 7.68. The third-order valence-electron chi connectivity index (χ3n) is 3.62. The van der Waals surface area contributed by atoms with Crippen LogP contribution in [-0.2, 0) is 0 Å². The van der Waals surface area contributed by atoms with Gasteiger partial charge in [-0.1, -0.05) is 12.1 Å². The lowest BCUT2D eigenvalue weighted by Gasteiger charge is -2.15. The van der Waals surface area contributed by atoms with Crippen molar-refractivity contribution < 1.29 is 22.8 Å². The van der Waals surface area contributed by atoms with Crippen LogP contribution in [0.5, 0.6) is 5.75 Å². The van der Waals surface area contributed by atoms with E-state index in [-0.39, 0.29) is 16.5 Å². The van der Waals surface area contributed by atoms with Gasteiger partial charge in [0.2, 0.25) is 0 Å². The first-order chi connectivity index (χ1) is 12.5. The first-order valence-corrected chi connectivity index (χ1v) is 8.09. The molecule has 27 heavy (non-hydrogen) atoms. The van der Waals surface area contributed by atoms with E-state index in [1.54, 1.807) is 0 Å². The van der Waals surface area contributed by atoms with Crippen molar-refractivity contribution in [1.82, 2.24) is 0 Å². The van der Waals surface area contributed by atoms with Gasteiger partial charge in [0.25, 0.3) is 5.69 Å². The Hall–Kier alpha value is -2.88. The van der Waals surface area contributed by atoms with Gasteiger partial charge in [0, 0.05) is 17.8 Å². The molecular weight excluding hydrogens is 383 g/mol. The topological polar surface area (TPSA) is 76.4 Å². The maximum atomic E-state index is 12.3. The Morgan fingerprint density at radius 1 is 1.22 bits per heavy atom. The highest BCUT2D eigenvalue weighted by atomic mass is 32.1. The van der Waals surface area contributed by atoms with E-state index in [4.69, 9.17) is 12.2 Å². The maximum absolute atomic E-state index is 12.3. The molecule has 0 amide bonds. The Labute approximate surface area is 158 Å². The van der Waals surface area contributed by atoms with Gasteiger partial charge in [-0.3, -0.25) is 10.1 Å². The Morgan fingerprint density at radius 3 is 2.56 bits per heavy atom. The Morgan fingerprint density at radius 2 is 1.93 bits per heavy atom. The molecule has 2 N–H and O–H groups in total. The molecule has 2 aromatic carbocycles. The van der Waals surface area contributed by atoms with Crippen molar-refractivity contribution in [3.63, 3.8) is 0 Å². The molecule has 2 rings (SSSR count). The number of benzene rings is 2. The predicted octanol–water partition coefficient (Wildman–Crippen LogP) is 4.96. The molecule has 0 fully saturated rings. The summed E-state index contributed by atoms with van der Waals surface area (Å²) < 4.78 is 41.6. The number of nitrogens with zero attached hydrogens (tertiary/aromatic N) is 1. The minimum atomic E-state index is -4.56. The molecule has 0 aliphatic carbocycles. The number of thiocarbonyl (C=S) groups is 1. The van der Waals surface area contributed by atoms with Gasteiger partial charge in [-0.2, -0.15) is 13.2 Å². The van der Waals surface area contributed by atoms with Crippen LogP contribution in [0.2, 0.25) is 0 Å². The van der Waals surface area contributed by atoms with Crippen LogP contribution in [0.1, 0.15) is 11.1 Å². The van der Waals surface area contributed by atoms with Crippen LogP contribution in [0.3, 0.4) is 0 Å². The summed E-state index contributed by atoms with van der Waals surface area (Å²) in [4.78, 5) is 10.3. The van der Waals surface area contributed by atoms with Crippen molar-refractivity contribution in [3.05, 3.63) is 57.6 Å². The van der Waals surface area contributed by atoms with Gasteiger partial charge < -0.3 is 15.4 Å². The standard InChI is InChI=1S/C17H16F3N3O3S/c1-10-4-3-5-15(11(10)2)22-16(27)21-12-6-13(23(24)25)8-14(7-12)26-9-17(18,19)20/h3-8H,9H2,1-2H3,(H2,21,22,27). The van der Waals surface area contributed by atoms with Crippen LogP contribution < -0.4 is 15.4 Å². The summed E-state index contributed by atoms with van der Waals surface area (Å²) in [5.41, 5.74) is 2.46. The molecule has 0 aliphatic heterocycles. The number of hydrogen-bond acceptors (Lipinski definition) is 4. The van der Waals surface area contributed by atoms with Crippen molar-refractivity contribution in [3.8, 4) is 5.75 Å². The van der Waals surface area contributed by atoms with Gasteiger partial charge in [0.15, 0.2) is 11.7 Å². The van der Waals surface area contributed by atoms with E-state index in [1.807, 2.05) is 32.0 Å². The summed E-state index contributed by atoms with van der Waals surface area (Å²) in [7, 11) is 0. The van der Waals surface area contributed by atoms with E-state index in [0.29, 0.717) is 0 Å². The van der Waals surface area contributed by atoms with E-state index in [0.717, 1.165) is 28.9 Å². The molecule has 0 aliphatic rings. The first kappa shape index (κ1) is 20.4. The molecule has 10 heteroatoms. The maximum Gasteiger partial charge on any atom is 0.422 e. The van der Waals surface area contributed by atoms with Crippen LogP contribution in [0, 0.1) is 24.0 Å². The second-order valence-corrected chi connectivity index (χ2v) is 6.11. The van der Waals surface area contributed by atoms with Gasteiger partial charge >= 0.3 is 6.18 Å². The molecule has 0 bridgehead atoms. The third kappa shape index (κ3) is 6.10. The fourth-order valence-electron chi connectivity index (χ4n) is 2.18. The molecule has 2 aromatic rings. The van der Waals surface area contributed by atoms with Crippen LogP contribution in [0.25, 0.3) is 0 Å². The SMILES string of the molecule is Cc1cccc(NC(=S)Nc2cc(OCC(F)(F)F)cc([N+](=O)[O-])c2)c1C. The van der Waals surface area contributed by atoms with Crippen molar-refractivity contribution >= 4 is 34.4 Å². The number of hydrogen-bond donors (Lipinski definition) is 2. The summed E-state index contributed by atoms with van der Waals surface area (Å²) in [5, 5.41) is 16.8. The summed E-state index contributed by atoms with van der Waals surface area (Å²) in [6.07, 6.45) is -4.56. The van der Waals surface area contributed by atoms with Crippen molar-refractivity contribution in [1.29, 1.82) is 0 Å². The van der Waals surface area contributed by atoms with Crippen LogP contribution in [0.15, 0.2) is 36.4 Å². The molecule has 0 unspecified atom stereocenters. The Balaban J connectivity index is 2.18. The van der Waals surface area contributed by atoms with Crippen LogP contribution in [0.4, 0.5) is 30.2 Å². The van der Waals surface area contributed by atoms with E-state index in [9.17, 15) is 23.3 Å². The highest BCUT2D eigenvalue weighted by Gasteiger charge is 2.28. The molecular formula is C17H16F3N3O3S. The number of nitrogens with one attached hydrogen (secondary N) is 2. The number of aryl methyl sites for hydroxylation is 1. The molecule has 0 spiro atoms. The van der Waals surface area contributed by atoms with Crippen LogP contribution in [-0.4, -0.2) is 22.8 Å². The van der Waals surface area contributed by atoms with Crippen LogP contribution >= 0.6 is 12.2 Å². The number of ether oxygens (including phenoxy) is 1. The lowest BCUT2D eigenvalue weighted by molar-refractivity contribution is -0.384. The minimum absolute atomic E-state index is 0.129. The fraction of sp³-hybridized carbons (Fsp3) is 0.235. The second kappa shape index (κ2) is 8.21. The zero-order valence-corrected chi connectivity index (χ0v) is 15.2. The number of halogens is 3. The summed E-state index contributed by atoms with van der Waals surface area (Å²) in [6.45, 7) is 2.28. The molecule has 0 heterocycles. The monoisotopic (exact) mass is 399 g/mol. The summed E-state index contributed by atoms with van der Waals surface area (Å²) in [6, 6.07) is 8.85. The van der Waals surface area contributed by atoms with E-state index in [2.05, 4.69) is 15.4 Å². The van der Waals surface area contributed by atoms with Gasteiger partial charge in [0.1, 0.15) is 5.75 Å². The Kier molecular flexibility index (Phi) is 6.21. The number of anilines is 2. The van der Waals surface area contributed by atoms with Crippen molar-refractivity contribution in [2.75, 3.05) is 17.2 Å². The number of nitro groups is 1. The minimum Gasteiger partial charge on any atom is -0.484 e. The molecule has 0 radical (unpaired) electrons. The second-order valence-electron chi connectivity index (χ2n) is 5.70. The van der Waals surface area contributed by atoms with E-state index in [1.165, 1.54) is 6.07 Å². The summed E-state index contributed by atoms with van der Waals surface area (Å²) in [5.74, 6) is -0.293. The quantitative estimate of drug-likeness (QED) is 0.420. The lowest BCUT2D eigenvalue weighted by Crippen LogP contribution is -2.21. The highest BCUT2D eigenvalue weighted by molar-refractivity contribution is 7.80. The Bertz CT molecular complexity index is 872. The average molecular weight is 399 g/mol. The molecule has 0 saturated carbocycles. The number of alkyl halides is 3. The predicted molar refractivity (Wildman–Crippen MR) is 100 cm³/mol. The zero-order valence-electron chi connectivity index (χ0n) is 14.4. The molecule has 6 nitrogen and oxygen atoms in total. The van der Waals surface area contributed by atoms with Gasteiger partial charge in [-0.05, 0) is 43.3 Å². The molecule has 144 valence electrons. The third-order valence-corrected chi connectivity index (χ3v) is 3.82. The van der Waals surface area contributed by atoms with Crippen molar-refractivity contribution in [2.45, 2.75) is 20.0 Å². The average Bonchev–Trinajstić information content (AvgIpc) is 2.56. The molecule has 0 saturated heterocycles. The number of rotatable bonds is 5. The summed E-state index contributed by atoms with van der Waals surface area (Å²) >= 11 is 5.18. The van der Waals surface area contributed by atoms with Gasteiger partial charge in [-0.15, -0.1) is 0 Å². The van der Waals surface area contributed by atoms with Crippen molar-refractivity contribution in [2.24, 2.45) is 0 Å². The number of nitro benzene ring substituents is 1. The number of non-ortho nitro benzene ring substituents is 1. The largest absolute Gasteiger partial charge is 0.484 e. The van der Waals surface area contributed by atoms with E-state index < -0.39 is 23.4 Å². The smallest absolute Gasteiger partial charge is 0.422 e. The molecule has 0 atom stereocenters. The van der Waals surface area contributed by atoms with Gasteiger partial charge in [0.05, 0.1) is 16.7 Å². The molecule has 0 aromatic heterocycles.